The molecular formula is C10H19N. The summed E-state index contributed by atoms with van der Waals surface area (Å²) < 4.78 is 0. The molecule has 0 saturated carbocycles. The Hall–Kier alpha value is -0.720. The number of hydrogen-bond donors (Lipinski definition) is 1. The lowest BCUT2D eigenvalue weighted by atomic mass is 9.85. The molecule has 0 unspecified atom stereocenters. The maximum absolute atomic E-state index is 3.80. The Morgan fingerprint density at radius 3 is 1.91 bits per heavy atom. The third kappa shape index (κ3) is 2.79. The molecule has 0 fully saturated rings. The van der Waals surface area contributed by atoms with E-state index < -0.39 is 0 Å². The van der Waals surface area contributed by atoms with Gasteiger partial charge in [0.1, 0.15) is 0 Å². The highest BCUT2D eigenvalue weighted by atomic mass is 14.8. The third-order valence-electron chi connectivity index (χ3n) is 1.79. The SMILES string of the molecule is C=C/C(=C(\C)NC)C(C)(C)C. The zero-order valence-corrected chi connectivity index (χ0v) is 8.28. The molecule has 64 valence electrons. The normalized spacial score (nSPS) is 13.9. The van der Waals surface area contributed by atoms with Crippen molar-refractivity contribution < 1.29 is 0 Å². The monoisotopic (exact) mass is 153 g/mol. The summed E-state index contributed by atoms with van der Waals surface area (Å²) in [5.74, 6) is 0. The zero-order chi connectivity index (χ0) is 9.07. The van der Waals surface area contributed by atoms with E-state index in [0.29, 0.717) is 0 Å². The lowest BCUT2D eigenvalue weighted by molar-refractivity contribution is 0.508. The second-order valence-electron chi connectivity index (χ2n) is 3.74. The molecule has 0 atom stereocenters. The predicted octanol–water partition coefficient (Wildman–Crippen LogP) is 2.71. The van der Waals surface area contributed by atoms with E-state index in [4.69, 9.17) is 0 Å². The van der Waals surface area contributed by atoms with Crippen molar-refractivity contribution in [3.63, 3.8) is 0 Å². The summed E-state index contributed by atoms with van der Waals surface area (Å²) in [6.07, 6.45) is 1.92. The number of rotatable bonds is 2. The molecule has 11 heavy (non-hydrogen) atoms. The van der Waals surface area contributed by atoms with Crippen LogP contribution in [-0.2, 0) is 0 Å². The van der Waals surface area contributed by atoms with Gasteiger partial charge in [-0.1, -0.05) is 33.4 Å². The molecule has 0 aromatic rings. The van der Waals surface area contributed by atoms with Crippen LogP contribution in [0.3, 0.4) is 0 Å². The van der Waals surface area contributed by atoms with E-state index in [0.717, 1.165) is 0 Å². The lowest BCUT2D eigenvalue weighted by Crippen LogP contribution is -2.15. The van der Waals surface area contributed by atoms with Gasteiger partial charge in [0.25, 0.3) is 0 Å². The van der Waals surface area contributed by atoms with Gasteiger partial charge in [-0.3, -0.25) is 0 Å². The van der Waals surface area contributed by atoms with Crippen molar-refractivity contribution in [2.45, 2.75) is 27.7 Å². The Bertz CT molecular complexity index is 170. The maximum atomic E-state index is 3.80. The van der Waals surface area contributed by atoms with Gasteiger partial charge in [-0.05, 0) is 17.9 Å². The molecule has 1 heteroatoms. The molecule has 0 saturated heterocycles. The van der Waals surface area contributed by atoms with Crippen molar-refractivity contribution in [2.24, 2.45) is 5.41 Å². The zero-order valence-electron chi connectivity index (χ0n) is 8.28. The highest BCUT2D eigenvalue weighted by Gasteiger charge is 2.15. The Kier molecular flexibility index (Phi) is 3.37. The van der Waals surface area contributed by atoms with E-state index in [-0.39, 0.29) is 5.41 Å². The molecule has 1 N–H and O–H groups in total. The van der Waals surface area contributed by atoms with Gasteiger partial charge in [-0.15, -0.1) is 0 Å². The quantitative estimate of drug-likeness (QED) is 0.601. The minimum atomic E-state index is 0.189. The lowest BCUT2D eigenvalue weighted by Gasteiger charge is -2.22. The van der Waals surface area contributed by atoms with Crippen LogP contribution < -0.4 is 5.32 Å². The fourth-order valence-electron chi connectivity index (χ4n) is 1.16. The number of hydrogen-bond acceptors (Lipinski definition) is 1. The second kappa shape index (κ2) is 3.61. The van der Waals surface area contributed by atoms with Gasteiger partial charge >= 0.3 is 0 Å². The third-order valence-corrected chi connectivity index (χ3v) is 1.79. The van der Waals surface area contributed by atoms with Crippen molar-refractivity contribution >= 4 is 0 Å². The first kappa shape index (κ1) is 10.3. The molecule has 1 nitrogen and oxygen atoms in total. The van der Waals surface area contributed by atoms with Gasteiger partial charge < -0.3 is 5.32 Å². The van der Waals surface area contributed by atoms with Crippen LogP contribution in [0.1, 0.15) is 27.7 Å². The average molecular weight is 153 g/mol. The summed E-state index contributed by atoms with van der Waals surface area (Å²) in [4.78, 5) is 0. The molecule has 0 aromatic carbocycles. The van der Waals surface area contributed by atoms with Gasteiger partial charge in [-0.25, -0.2) is 0 Å². The summed E-state index contributed by atoms with van der Waals surface area (Å²) in [6, 6.07) is 0. The Balaban J connectivity index is 4.80. The van der Waals surface area contributed by atoms with E-state index in [1.165, 1.54) is 11.3 Å². The largest absolute Gasteiger partial charge is 0.391 e. The van der Waals surface area contributed by atoms with Crippen LogP contribution in [0.2, 0.25) is 0 Å². The average Bonchev–Trinajstić information content (AvgIpc) is 1.86. The van der Waals surface area contributed by atoms with E-state index >= 15 is 0 Å². The first-order valence-corrected chi connectivity index (χ1v) is 3.95. The summed E-state index contributed by atoms with van der Waals surface area (Å²) in [6.45, 7) is 12.4. The summed E-state index contributed by atoms with van der Waals surface area (Å²) in [7, 11) is 1.94. The van der Waals surface area contributed by atoms with Crippen molar-refractivity contribution in [3.8, 4) is 0 Å². The molecular weight excluding hydrogens is 134 g/mol. The van der Waals surface area contributed by atoms with Gasteiger partial charge in [0, 0.05) is 12.7 Å². The van der Waals surface area contributed by atoms with E-state index in [2.05, 4.69) is 39.6 Å². The van der Waals surface area contributed by atoms with Gasteiger partial charge in [0.2, 0.25) is 0 Å². The van der Waals surface area contributed by atoms with Crippen LogP contribution in [0.4, 0.5) is 0 Å². The molecule has 0 amide bonds. The van der Waals surface area contributed by atoms with Gasteiger partial charge in [-0.2, -0.15) is 0 Å². The van der Waals surface area contributed by atoms with Crippen LogP contribution in [0.25, 0.3) is 0 Å². The summed E-state index contributed by atoms with van der Waals surface area (Å²) >= 11 is 0. The smallest absolute Gasteiger partial charge is 0.0110 e. The fourth-order valence-corrected chi connectivity index (χ4v) is 1.16. The maximum Gasteiger partial charge on any atom is 0.0110 e. The van der Waals surface area contributed by atoms with E-state index in [9.17, 15) is 0 Å². The summed E-state index contributed by atoms with van der Waals surface area (Å²) in [5, 5.41) is 3.13. The molecule has 0 heterocycles. The molecule has 0 aliphatic rings. The van der Waals surface area contributed by atoms with Gasteiger partial charge in [0.15, 0.2) is 0 Å². The minimum Gasteiger partial charge on any atom is -0.391 e. The van der Waals surface area contributed by atoms with Crippen LogP contribution in [0.15, 0.2) is 23.9 Å². The molecule has 0 radical (unpaired) electrons. The molecule has 0 aliphatic heterocycles. The number of nitrogens with one attached hydrogen (secondary N) is 1. The molecule has 0 aromatic heterocycles. The molecule has 0 bridgehead atoms. The van der Waals surface area contributed by atoms with Crippen molar-refractivity contribution in [2.75, 3.05) is 7.05 Å². The molecule has 0 aliphatic carbocycles. The highest BCUT2D eigenvalue weighted by Crippen LogP contribution is 2.27. The van der Waals surface area contributed by atoms with Crippen molar-refractivity contribution in [1.29, 1.82) is 0 Å². The number of allylic oxidation sites excluding steroid dienone is 3. The Morgan fingerprint density at radius 2 is 1.82 bits per heavy atom. The first-order valence-electron chi connectivity index (χ1n) is 3.95. The Morgan fingerprint density at radius 1 is 1.36 bits per heavy atom. The van der Waals surface area contributed by atoms with Crippen molar-refractivity contribution in [1.82, 2.24) is 5.32 Å². The van der Waals surface area contributed by atoms with Crippen LogP contribution in [0.5, 0.6) is 0 Å². The Labute approximate surface area is 70.2 Å². The first-order chi connectivity index (χ1) is 4.93. The van der Waals surface area contributed by atoms with Crippen LogP contribution in [-0.4, -0.2) is 7.05 Å². The van der Waals surface area contributed by atoms with E-state index in [1.54, 1.807) is 0 Å². The minimum absolute atomic E-state index is 0.189. The molecule has 0 spiro atoms. The predicted molar refractivity (Wildman–Crippen MR) is 51.4 cm³/mol. The summed E-state index contributed by atoms with van der Waals surface area (Å²) in [5.41, 5.74) is 2.67. The van der Waals surface area contributed by atoms with Gasteiger partial charge in [0.05, 0.1) is 0 Å². The second-order valence-corrected chi connectivity index (χ2v) is 3.74. The topological polar surface area (TPSA) is 12.0 Å². The standard InChI is InChI=1S/C10H19N/c1-7-9(8(2)11-6)10(3,4)5/h7,11H,1H2,2-6H3/b9-8-. The highest BCUT2D eigenvalue weighted by molar-refractivity contribution is 5.27. The van der Waals surface area contributed by atoms with Crippen molar-refractivity contribution in [3.05, 3.63) is 23.9 Å². The van der Waals surface area contributed by atoms with E-state index in [1.807, 2.05) is 13.1 Å². The van der Waals surface area contributed by atoms with Crippen LogP contribution in [0, 0.1) is 5.41 Å². The fraction of sp³-hybridized carbons (Fsp3) is 0.600. The van der Waals surface area contributed by atoms with Crippen LogP contribution >= 0.6 is 0 Å². The molecule has 0 rings (SSSR count).